The number of nitrogens with zero attached hydrogens (tertiary/aromatic N) is 4. The van der Waals surface area contributed by atoms with Crippen molar-refractivity contribution in [1.29, 1.82) is 5.26 Å². The van der Waals surface area contributed by atoms with Crippen LogP contribution in [0.15, 0.2) is 48.8 Å². The average Bonchev–Trinajstić information content (AvgIpc) is 3.52. The zero-order valence-electron chi connectivity index (χ0n) is 23.4. The van der Waals surface area contributed by atoms with E-state index in [0.717, 1.165) is 12.8 Å². The molecule has 1 aliphatic heterocycles. The van der Waals surface area contributed by atoms with Crippen LogP contribution in [-0.4, -0.2) is 62.8 Å². The number of nitrogen functional groups attached to an aromatic ring is 1. The predicted molar refractivity (Wildman–Crippen MR) is 149 cm³/mol. The molecule has 1 aliphatic rings. The Labute approximate surface area is 242 Å². The number of para-hydroxylation sites is 1. The first-order valence-electron chi connectivity index (χ1n) is 13.5. The number of carbonyl (C=O) groups is 1. The normalized spacial score (nSPS) is 24.3. The van der Waals surface area contributed by atoms with E-state index in [1.807, 2.05) is 13.8 Å². The van der Waals surface area contributed by atoms with Crippen molar-refractivity contribution in [2.24, 2.45) is 5.92 Å². The van der Waals surface area contributed by atoms with Crippen LogP contribution in [0.1, 0.15) is 45.4 Å². The van der Waals surface area contributed by atoms with E-state index in [0.29, 0.717) is 5.52 Å². The minimum absolute atomic E-state index is 0.128. The Morgan fingerprint density at radius 3 is 2.69 bits per heavy atom. The van der Waals surface area contributed by atoms with Crippen LogP contribution in [-0.2, 0) is 23.4 Å². The number of nitrogens with two attached hydrogens (primary N) is 1. The third kappa shape index (κ3) is 6.56. The number of nitrogens with one attached hydrogen (secondary N) is 1. The zero-order chi connectivity index (χ0) is 30.5. The maximum absolute atomic E-state index is 15.5. The second-order valence-corrected chi connectivity index (χ2v) is 11.7. The number of fused-ring (bicyclic) bond motifs is 1. The predicted octanol–water partition coefficient (Wildman–Crippen LogP) is 3.51. The van der Waals surface area contributed by atoms with Crippen LogP contribution in [0, 0.1) is 17.2 Å². The van der Waals surface area contributed by atoms with Gasteiger partial charge in [-0.15, -0.1) is 0 Å². The summed E-state index contributed by atoms with van der Waals surface area (Å²) in [7, 11) is -4.45. The molecule has 0 aliphatic carbocycles. The van der Waals surface area contributed by atoms with Crippen molar-refractivity contribution in [3.8, 4) is 11.8 Å². The highest BCUT2D eigenvalue weighted by Crippen LogP contribution is 2.49. The molecule has 0 saturated carbocycles. The molecule has 13 nitrogen and oxygen atoms in total. The van der Waals surface area contributed by atoms with Gasteiger partial charge in [0.15, 0.2) is 12.0 Å². The molecule has 6 atom stereocenters. The first-order chi connectivity index (χ1) is 20.1. The molecule has 1 aromatic carbocycles. The number of nitriles is 1. The van der Waals surface area contributed by atoms with Gasteiger partial charge in [0.1, 0.15) is 48.5 Å². The van der Waals surface area contributed by atoms with Crippen LogP contribution in [0.5, 0.6) is 5.75 Å². The van der Waals surface area contributed by atoms with Gasteiger partial charge < -0.3 is 24.8 Å². The van der Waals surface area contributed by atoms with Crippen molar-refractivity contribution in [2.75, 3.05) is 18.9 Å². The fourth-order valence-electron chi connectivity index (χ4n) is 4.47. The van der Waals surface area contributed by atoms with E-state index >= 15 is 4.39 Å². The van der Waals surface area contributed by atoms with Gasteiger partial charge in [0.25, 0.3) is 0 Å². The summed E-state index contributed by atoms with van der Waals surface area (Å²) >= 11 is 0. The third-order valence-electron chi connectivity index (χ3n) is 7.14. The fraction of sp³-hybridized carbons (Fsp3) is 0.481. The van der Waals surface area contributed by atoms with Gasteiger partial charge in [-0.3, -0.25) is 9.32 Å². The number of aliphatic hydroxyl groups is 1. The largest absolute Gasteiger partial charge is 0.464 e. The van der Waals surface area contributed by atoms with Gasteiger partial charge in [0.05, 0.1) is 12.3 Å². The van der Waals surface area contributed by atoms with Crippen molar-refractivity contribution < 1.29 is 37.4 Å². The minimum atomic E-state index is -4.45. The Hall–Kier alpha value is -3.60. The van der Waals surface area contributed by atoms with Crippen LogP contribution < -0.4 is 15.3 Å². The molecule has 0 bridgehead atoms. The van der Waals surface area contributed by atoms with Gasteiger partial charge in [0.2, 0.25) is 5.60 Å². The highest BCUT2D eigenvalue weighted by Gasteiger charge is 2.58. The summed E-state index contributed by atoms with van der Waals surface area (Å²) in [4.78, 5) is 16.6. The highest BCUT2D eigenvalue weighted by molar-refractivity contribution is 7.52. The Morgan fingerprint density at radius 1 is 1.31 bits per heavy atom. The van der Waals surface area contributed by atoms with Crippen molar-refractivity contribution >= 4 is 25.1 Å². The Morgan fingerprint density at radius 2 is 2.02 bits per heavy atom. The van der Waals surface area contributed by atoms with Gasteiger partial charge in [-0.2, -0.15) is 15.4 Å². The number of carbonyl (C=O) groups excluding carboxylic acids is 1. The molecular formula is C27H34FN6O7P. The summed E-state index contributed by atoms with van der Waals surface area (Å²) in [5.74, 6) is -0.260. The molecule has 2 aromatic heterocycles. The first-order valence-corrected chi connectivity index (χ1v) is 15.0. The standard InChI is InChI=1S/C27H34FN6O7P/c1-4-18(5-2)13-38-26(36)17(3)33-42(37,41-19-9-7-6-8-10-19)39-15-27(14-29)24(35)22(28)23(40-27)20-11-12-21-25(30)31-16-32-34(20)21/h6-12,16-18,22-24,35H,4-5,13,15H2,1-3H3,(H,33,37)(H2,30,31,32)/t17-,22-,23-,24-,27+,42?/m0/s1. The summed E-state index contributed by atoms with van der Waals surface area (Å²) in [6.45, 7) is 4.69. The van der Waals surface area contributed by atoms with E-state index in [9.17, 15) is 19.7 Å². The van der Waals surface area contributed by atoms with E-state index < -0.39 is 50.3 Å². The average molecular weight is 605 g/mol. The molecular weight excluding hydrogens is 570 g/mol. The summed E-state index contributed by atoms with van der Waals surface area (Å²) in [5, 5.41) is 27.5. The highest BCUT2D eigenvalue weighted by atomic mass is 31.2. The Bertz CT molecular complexity index is 1470. The number of anilines is 1. The molecule has 4 N–H and O–H groups in total. The number of hydrogen-bond acceptors (Lipinski definition) is 11. The van der Waals surface area contributed by atoms with Gasteiger partial charge in [-0.1, -0.05) is 44.9 Å². The molecule has 0 amide bonds. The monoisotopic (exact) mass is 604 g/mol. The van der Waals surface area contributed by atoms with Gasteiger partial charge in [0, 0.05) is 0 Å². The molecule has 0 radical (unpaired) electrons. The number of hydrogen-bond donors (Lipinski definition) is 3. The first kappa shape index (κ1) is 31.3. The number of rotatable bonds is 13. The SMILES string of the molecule is CCC(CC)COC(=O)[C@H](C)NP(=O)(OC[C@@]1(C#N)O[C@@H](c2ccc3c(N)ncnn23)[C@H](F)[C@@H]1O)Oc1ccccc1. The molecule has 1 fully saturated rings. The topological polar surface area (TPSA) is 183 Å². The molecule has 15 heteroatoms. The van der Waals surface area contributed by atoms with Crippen molar-refractivity contribution in [3.05, 3.63) is 54.5 Å². The second-order valence-electron chi connectivity index (χ2n) is 9.97. The molecule has 0 spiro atoms. The fourth-order valence-corrected chi connectivity index (χ4v) is 5.99. The van der Waals surface area contributed by atoms with Crippen LogP contribution in [0.2, 0.25) is 0 Å². The molecule has 3 aromatic rings. The number of benzene rings is 1. The molecule has 226 valence electrons. The van der Waals surface area contributed by atoms with Crippen LogP contribution in [0.3, 0.4) is 0 Å². The molecule has 42 heavy (non-hydrogen) atoms. The summed E-state index contributed by atoms with van der Waals surface area (Å²) in [6.07, 6.45) is -2.75. The number of aromatic nitrogens is 3. The maximum Gasteiger partial charge on any atom is 0.459 e. The third-order valence-corrected chi connectivity index (χ3v) is 8.76. The summed E-state index contributed by atoms with van der Waals surface area (Å²) in [5.41, 5.74) is 4.10. The molecule has 1 unspecified atom stereocenters. The lowest BCUT2D eigenvalue weighted by Crippen LogP contribution is -2.45. The number of esters is 1. The van der Waals surface area contributed by atoms with Crippen molar-refractivity contribution in [3.63, 3.8) is 0 Å². The number of ether oxygens (including phenoxy) is 2. The van der Waals surface area contributed by atoms with Gasteiger partial charge in [-0.05, 0) is 37.1 Å². The van der Waals surface area contributed by atoms with E-state index in [1.54, 1.807) is 30.3 Å². The van der Waals surface area contributed by atoms with E-state index in [2.05, 4.69) is 15.2 Å². The van der Waals surface area contributed by atoms with E-state index in [1.165, 1.54) is 36.0 Å². The summed E-state index contributed by atoms with van der Waals surface area (Å²) < 4.78 is 53.1. The molecule has 1 saturated heterocycles. The van der Waals surface area contributed by atoms with Gasteiger partial charge in [-0.25, -0.2) is 18.5 Å². The van der Waals surface area contributed by atoms with E-state index in [4.69, 9.17) is 24.3 Å². The lowest BCUT2D eigenvalue weighted by Gasteiger charge is -2.28. The minimum Gasteiger partial charge on any atom is -0.464 e. The van der Waals surface area contributed by atoms with Crippen molar-refractivity contribution in [1.82, 2.24) is 19.7 Å². The zero-order valence-corrected chi connectivity index (χ0v) is 24.3. The Balaban J connectivity index is 1.55. The maximum atomic E-state index is 15.5. The second kappa shape index (κ2) is 13.1. The number of alkyl halides is 1. The smallest absolute Gasteiger partial charge is 0.459 e. The molecule has 4 rings (SSSR count). The number of aliphatic hydroxyl groups excluding tert-OH is 1. The Kier molecular flexibility index (Phi) is 9.81. The molecule has 3 heterocycles. The van der Waals surface area contributed by atoms with Crippen LogP contribution >= 0.6 is 7.75 Å². The lowest BCUT2D eigenvalue weighted by molar-refractivity contribution is -0.146. The quantitative estimate of drug-likeness (QED) is 0.191. The van der Waals surface area contributed by atoms with Gasteiger partial charge >= 0.3 is 13.7 Å². The number of halogens is 1. The van der Waals surface area contributed by atoms with Crippen LogP contribution in [0.25, 0.3) is 5.52 Å². The van der Waals surface area contributed by atoms with Crippen LogP contribution in [0.4, 0.5) is 10.2 Å². The summed E-state index contributed by atoms with van der Waals surface area (Å²) in [6, 6.07) is 11.6. The lowest BCUT2D eigenvalue weighted by atomic mass is 9.97. The van der Waals surface area contributed by atoms with E-state index in [-0.39, 0.29) is 29.8 Å². The van der Waals surface area contributed by atoms with Crippen molar-refractivity contribution in [2.45, 2.75) is 63.6 Å².